The first-order valence-corrected chi connectivity index (χ1v) is 5.97. The number of rotatable bonds is 5. The molecule has 0 fully saturated rings. The number of nitrogens with one attached hydrogen (secondary N) is 1. The molecule has 1 aromatic heterocycles. The Morgan fingerprint density at radius 1 is 1.21 bits per heavy atom. The molecule has 5 heteroatoms. The van der Waals surface area contributed by atoms with E-state index in [0.29, 0.717) is 11.3 Å². The van der Waals surface area contributed by atoms with Crippen LogP contribution in [0.4, 0.5) is 0 Å². The lowest BCUT2D eigenvalue weighted by atomic mass is 9.89. The van der Waals surface area contributed by atoms with E-state index in [4.69, 9.17) is 0 Å². The number of benzene rings is 1. The molecule has 0 saturated carbocycles. The van der Waals surface area contributed by atoms with Crippen LogP contribution >= 0.6 is 0 Å². The number of Topliss-reactive ketones (excluding diaryl/α,β-unsaturated/α-hetero) is 1. The Morgan fingerprint density at radius 2 is 1.89 bits per heavy atom. The predicted molar refractivity (Wildman–Crippen MR) is 70.8 cm³/mol. The van der Waals surface area contributed by atoms with Crippen LogP contribution in [-0.2, 0) is 0 Å². The van der Waals surface area contributed by atoms with Crippen LogP contribution in [0.3, 0.4) is 0 Å². The summed E-state index contributed by atoms with van der Waals surface area (Å²) in [5, 5.41) is 11.0. The van der Waals surface area contributed by atoms with Gasteiger partial charge in [0.25, 0.3) is 0 Å². The number of nitrogens with zero attached hydrogens (tertiary/aromatic N) is 1. The van der Waals surface area contributed by atoms with Gasteiger partial charge in [0.05, 0.1) is 0 Å². The van der Waals surface area contributed by atoms with E-state index in [9.17, 15) is 14.9 Å². The first kappa shape index (κ1) is 13.0. The molecule has 0 bridgehead atoms. The van der Waals surface area contributed by atoms with Crippen molar-refractivity contribution >= 4 is 5.78 Å². The molecule has 1 N–H and O–H groups in total. The highest BCUT2D eigenvalue weighted by molar-refractivity contribution is 6.01. The van der Waals surface area contributed by atoms with E-state index < -0.39 is 16.9 Å². The average molecular weight is 258 g/mol. The molecule has 19 heavy (non-hydrogen) atoms. The summed E-state index contributed by atoms with van der Waals surface area (Å²) in [6.45, 7) is 1.45. The van der Waals surface area contributed by atoms with Gasteiger partial charge in [-0.25, -0.2) is 0 Å². The van der Waals surface area contributed by atoms with Gasteiger partial charge >= 0.3 is 0 Å². The van der Waals surface area contributed by atoms with Gasteiger partial charge < -0.3 is 4.98 Å². The Hall–Kier alpha value is -2.43. The van der Waals surface area contributed by atoms with E-state index in [0.717, 1.165) is 0 Å². The number of aromatic nitrogens is 1. The molecule has 1 aromatic carbocycles. The Kier molecular flexibility index (Phi) is 3.75. The van der Waals surface area contributed by atoms with Gasteiger partial charge in [0.15, 0.2) is 5.78 Å². The second-order valence-electron chi connectivity index (χ2n) is 4.36. The van der Waals surface area contributed by atoms with Gasteiger partial charge in [-0.05, 0) is 12.1 Å². The molecule has 2 rings (SSSR count). The minimum Gasteiger partial charge on any atom is -0.364 e. The molecule has 5 nitrogen and oxygen atoms in total. The maximum absolute atomic E-state index is 12.5. The predicted octanol–water partition coefficient (Wildman–Crippen LogP) is 2.65. The minimum absolute atomic E-state index is 0.243. The number of carbonyl (C=O) groups excluding carboxylic acids is 1. The van der Waals surface area contributed by atoms with E-state index in [2.05, 4.69) is 4.98 Å². The molecular formula is C14H14N2O3. The van der Waals surface area contributed by atoms with Crippen molar-refractivity contribution in [3.8, 4) is 0 Å². The van der Waals surface area contributed by atoms with Crippen LogP contribution in [0.1, 0.15) is 28.9 Å². The summed E-state index contributed by atoms with van der Waals surface area (Å²) in [5.74, 6) is -1.04. The molecule has 0 amide bonds. The summed E-state index contributed by atoms with van der Waals surface area (Å²) in [5.41, 5.74) is 1.05. The molecule has 0 saturated heterocycles. The van der Waals surface area contributed by atoms with Crippen molar-refractivity contribution in [2.75, 3.05) is 0 Å². The topological polar surface area (TPSA) is 76.0 Å². The molecule has 2 aromatic rings. The largest absolute Gasteiger partial charge is 0.364 e. The van der Waals surface area contributed by atoms with Gasteiger partial charge in [-0.1, -0.05) is 30.3 Å². The normalized spacial score (nSPS) is 13.7. The molecule has 0 unspecified atom stereocenters. The van der Waals surface area contributed by atoms with Crippen molar-refractivity contribution in [3.63, 3.8) is 0 Å². The van der Waals surface area contributed by atoms with E-state index >= 15 is 0 Å². The number of hydrogen-bond acceptors (Lipinski definition) is 3. The first-order valence-electron chi connectivity index (χ1n) is 5.97. The standard InChI is InChI=1S/C14H14N2O3/c1-10(16(18)19)13(12-8-5-9-15-12)14(17)11-6-3-2-4-7-11/h2-10,13,15H,1H3/t10-,13-/m0/s1. The third kappa shape index (κ3) is 2.70. The minimum atomic E-state index is -0.980. The third-order valence-electron chi connectivity index (χ3n) is 3.11. The number of aromatic amines is 1. The SMILES string of the molecule is C[C@@H]([C@H](C(=O)c1ccccc1)c1ccc[nH]1)[N+](=O)[O-]. The maximum atomic E-state index is 12.5. The van der Waals surface area contributed by atoms with Crippen molar-refractivity contribution in [1.82, 2.24) is 4.98 Å². The van der Waals surface area contributed by atoms with Crippen molar-refractivity contribution in [2.24, 2.45) is 0 Å². The lowest BCUT2D eigenvalue weighted by Crippen LogP contribution is -2.30. The number of H-pyrrole nitrogens is 1. The van der Waals surface area contributed by atoms with Crippen molar-refractivity contribution in [2.45, 2.75) is 18.9 Å². The van der Waals surface area contributed by atoms with E-state index in [1.165, 1.54) is 6.92 Å². The second kappa shape index (κ2) is 5.48. The molecule has 0 aliphatic rings. The van der Waals surface area contributed by atoms with Gasteiger partial charge in [-0.15, -0.1) is 0 Å². The van der Waals surface area contributed by atoms with Gasteiger partial charge in [-0.3, -0.25) is 14.9 Å². The van der Waals surface area contributed by atoms with E-state index in [1.54, 1.807) is 48.7 Å². The zero-order valence-corrected chi connectivity index (χ0v) is 10.4. The first-order chi connectivity index (χ1) is 9.11. The Morgan fingerprint density at radius 3 is 2.42 bits per heavy atom. The van der Waals surface area contributed by atoms with Crippen LogP contribution in [-0.4, -0.2) is 21.7 Å². The fourth-order valence-electron chi connectivity index (χ4n) is 2.06. The molecular weight excluding hydrogens is 244 g/mol. The maximum Gasteiger partial charge on any atom is 0.225 e. The molecule has 98 valence electrons. The highest BCUT2D eigenvalue weighted by Gasteiger charge is 2.35. The zero-order chi connectivity index (χ0) is 13.8. The number of ketones is 1. The summed E-state index contributed by atoms with van der Waals surface area (Å²) in [6, 6.07) is 11.1. The number of hydrogen-bond donors (Lipinski definition) is 1. The average Bonchev–Trinajstić information content (AvgIpc) is 2.93. The van der Waals surface area contributed by atoms with Gasteiger partial charge in [0, 0.05) is 29.3 Å². The second-order valence-corrected chi connectivity index (χ2v) is 4.36. The molecule has 1 heterocycles. The highest BCUT2D eigenvalue weighted by Crippen LogP contribution is 2.24. The Balaban J connectivity index is 2.39. The molecule has 0 aliphatic carbocycles. The van der Waals surface area contributed by atoms with Crippen LogP contribution in [0.25, 0.3) is 0 Å². The van der Waals surface area contributed by atoms with Crippen molar-refractivity contribution in [3.05, 3.63) is 70.0 Å². The lowest BCUT2D eigenvalue weighted by molar-refractivity contribution is -0.519. The van der Waals surface area contributed by atoms with Crippen LogP contribution in [0.5, 0.6) is 0 Å². The molecule has 0 aliphatic heterocycles. The smallest absolute Gasteiger partial charge is 0.225 e. The van der Waals surface area contributed by atoms with Crippen molar-refractivity contribution < 1.29 is 9.72 Å². The molecule has 0 radical (unpaired) electrons. The van der Waals surface area contributed by atoms with Gasteiger partial charge in [0.2, 0.25) is 6.04 Å². The Bertz CT molecular complexity index is 564. The van der Waals surface area contributed by atoms with Gasteiger partial charge in [0.1, 0.15) is 5.92 Å². The van der Waals surface area contributed by atoms with Crippen LogP contribution in [0, 0.1) is 10.1 Å². The van der Waals surface area contributed by atoms with Crippen molar-refractivity contribution in [1.29, 1.82) is 0 Å². The van der Waals surface area contributed by atoms with Crippen LogP contribution < -0.4 is 0 Å². The summed E-state index contributed by atoms with van der Waals surface area (Å²) < 4.78 is 0. The molecule has 2 atom stereocenters. The number of carbonyl (C=O) groups is 1. The highest BCUT2D eigenvalue weighted by atomic mass is 16.6. The van der Waals surface area contributed by atoms with Crippen LogP contribution in [0.2, 0.25) is 0 Å². The summed E-state index contributed by atoms with van der Waals surface area (Å²) in [4.78, 5) is 26.0. The summed E-state index contributed by atoms with van der Waals surface area (Å²) in [7, 11) is 0. The molecule has 0 spiro atoms. The van der Waals surface area contributed by atoms with E-state index in [-0.39, 0.29) is 5.78 Å². The fraction of sp³-hybridized carbons (Fsp3) is 0.214. The monoisotopic (exact) mass is 258 g/mol. The zero-order valence-electron chi connectivity index (χ0n) is 10.4. The van der Waals surface area contributed by atoms with Gasteiger partial charge in [-0.2, -0.15) is 0 Å². The lowest BCUT2D eigenvalue weighted by Gasteiger charge is -2.16. The summed E-state index contributed by atoms with van der Waals surface area (Å²) in [6.07, 6.45) is 1.66. The number of nitro groups is 1. The van der Waals surface area contributed by atoms with E-state index in [1.807, 2.05) is 0 Å². The quantitative estimate of drug-likeness (QED) is 0.509. The third-order valence-corrected chi connectivity index (χ3v) is 3.11. The fourth-order valence-corrected chi connectivity index (χ4v) is 2.06. The van der Waals surface area contributed by atoms with Crippen LogP contribution in [0.15, 0.2) is 48.7 Å². The summed E-state index contributed by atoms with van der Waals surface area (Å²) >= 11 is 0. The Labute approximate surface area is 110 Å².